The maximum atomic E-state index is 6.27. The molecule has 3 aromatic heterocycles. The standard InChI is InChI=1S/C25H21N5S/c1-30(2)19-10-8-16(9-11-19)21-14-20(23-24(26)27-15-28-25(23)29-21)17-5-3-6-18(13-17)22-7-4-12-31-22/h3-15H,1-2H3,(H2,26,27,28,29). The molecule has 5 aromatic rings. The molecule has 152 valence electrons. The molecule has 0 amide bonds. The van der Waals surface area contributed by atoms with Crippen LogP contribution in [0.2, 0.25) is 0 Å². The molecule has 0 saturated heterocycles. The van der Waals surface area contributed by atoms with Gasteiger partial charge in [-0.2, -0.15) is 0 Å². The third-order valence-corrected chi connectivity index (χ3v) is 6.21. The Morgan fingerprint density at radius 1 is 0.839 bits per heavy atom. The van der Waals surface area contributed by atoms with E-state index < -0.39 is 0 Å². The van der Waals surface area contributed by atoms with Crippen molar-refractivity contribution in [3.05, 3.63) is 78.4 Å². The number of pyridine rings is 1. The summed E-state index contributed by atoms with van der Waals surface area (Å²) < 4.78 is 0. The molecule has 0 bridgehead atoms. The van der Waals surface area contributed by atoms with Crippen LogP contribution in [0.5, 0.6) is 0 Å². The molecule has 6 heteroatoms. The van der Waals surface area contributed by atoms with Crippen molar-refractivity contribution in [1.29, 1.82) is 0 Å². The summed E-state index contributed by atoms with van der Waals surface area (Å²) in [6.45, 7) is 0. The van der Waals surface area contributed by atoms with Crippen LogP contribution in [0, 0.1) is 0 Å². The first-order chi connectivity index (χ1) is 15.1. The summed E-state index contributed by atoms with van der Waals surface area (Å²) in [5.41, 5.74) is 13.1. The number of hydrogen-bond donors (Lipinski definition) is 1. The number of nitrogens with zero attached hydrogens (tertiary/aromatic N) is 4. The Labute approximate surface area is 184 Å². The van der Waals surface area contributed by atoms with E-state index in [0.29, 0.717) is 11.5 Å². The molecule has 0 spiro atoms. The molecular weight excluding hydrogens is 402 g/mol. The predicted octanol–water partition coefficient (Wildman–Crippen LogP) is 5.74. The summed E-state index contributed by atoms with van der Waals surface area (Å²) >= 11 is 1.72. The Balaban J connectivity index is 1.71. The second-order valence-corrected chi connectivity index (χ2v) is 8.46. The average Bonchev–Trinajstić information content (AvgIpc) is 3.34. The fourth-order valence-corrected chi connectivity index (χ4v) is 4.40. The number of rotatable bonds is 4. The van der Waals surface area contributed by atoms with Crippen molar-refractivity contribution in [1.82, 2.24) is 15.0 Å². The van der Waals surface area contributed by atoms with Gasteiger partial charge in [0.15, 0.2) is 5.65 Å². The number of nitrogen functional groups attached to an aromatic ring is 1. The number of anilines is 2. The lowest BCUT2D eigenvalue weighted by Gasteiger charge is -2.14. The lowest BCUT2D eigenvalue weighted by molar-refractivity contribution is 1.13. The fourth-order valence-electron chi connectivity index (χ4n) is 3.68. The van der Waals surface area contributed by atoms with Crippen molar-refractivity contribution in [3.8, 4) is 32.8 Å². The quantitative estimate of drug-likeness (QED) is 0.399. The zero-order valence-corrected chi connectivity index (χ0v) is 18.1. The molecular formula is C25H21N5S. The third kappa shape index (κ3) is 3.62. The minimum atomic E-state index is 0.434. The molecule has 31 heavy (non-hydrogen) atoms. The highest BCUT2D eigenvalue weighted by atomic mass is 32.1. The van der Waals surface area contributed by atoms with Gasteiger partial charge in [0.2, 0.25) is 0 Å². The van der Waals surface area contributed by atoms with Crippen LogP contribution in [0.3, 0.4) is 0 Å². The van der Waals surface area contributed by atoms with Crippen LogP contribution in [0.25, 0.3) is 43.9 Å². The Morgan fingerprint density at radius 2 is 1.65 bits per heavy atom. The van der Waals surface area contributed by atoms with E-state index in [1.165, 1.54) is 16.8 Å². The molecule has 3 heterocycles. The molecule has 0 aliphatic heterocycles. The van der Waals surface area contributed by atoms with Crippen LogP contribution >= 0.6 is 11.3 Å². The maximum absolute atomic E-state index is 6.27. The van der Waals surface area contributed by atoms with Gasteiger partial charge in [0.1, 0.15) is 12.1 Å². The van der Waals surface area contributed by atoms with E-state index in [1.54, 1.807) is 11.3 Å². The van der Waals surface area contributed by atoms with Crippen molar-refractivity contribution in [2.24, 2.45) is 0 Å². The molecule has 0 radical (unpaired) electrons. The highest BCUT2D eigenvalue weighted by molar-refractivity contribution is 7.13. The molecule has 0 aliphatic carbocycles. The van der Waals surface area contributed by atoms with Crippen molar-refractivity contribution in [2.75, 3.05) is 24.7 Å². The smallest absolute Gasteiger partial charge is 0.165 e. The van der Waals surface area contributed by atoms with Crippen molar-refractivity contribution >= 4 is 33.9 Å². The lowest BCUT2D eigenvalue weighted by atomic mass is 9.98. The van der Waals surface area contributed by atoms with Gasteiger partial charge in [-0.25, -0.2) is 15.0 Å². The van der Waals surface area contributed by atoms with E-state index in [0.717, 1.165) is 33.5 Å². The zero-order valence-electron chi connectivity index (χ0n) is 17.3. The van der Waals surface area contributed by atoms with Gasteiger partial charge in [0.05, 0.1) is 11.1 Å². The Morgan fingerprint density at radius 3 is 2.39 bits per heavy atom. The summed E-state index contributed by atoms with van der Waals surface area (Å²) in [6, 6.07) is 23.1. The number of hydrogen-bond acceptors (Lipinski definition) is 6. The minimum Gasteiger partial charge on any atom is -0.383 e. The molecule has 5 rings (SSSR count). The van der Waals surface area contributed by atoms with Crippen molar-refractivity contribution < 1.29 is 0 Å². The summed E-state index contributed by atoms with van der Waals surface area (Å²) in [5.74, 6) is 0.434. The summed E-state index contributed by atoms with van der Waals surface area (Å²) in [5, 5.41) is 2.87. The molecule has 0 saturated carbocycles. The second kappa shape index (κ2) is 7.81. The minimum absolute atomic E-state index is 0.434. The third-order valence-electron chi connectivity index (χ3n) is 5.29. The van der Waals surface area contributed by atoms with Gasteiger partial charge in [-0.15, -0.1) is 11.3 Å². The maximum Gasteiger partial charge on any atom is 0.165 e. The van der Waals surface area contributed by atoms with Crippen molar-refractivity contribution in [3.63, 3.8) is 0 Å². The van der Waals surface area contributed by atoms with E-state index in [9.17, 15) is 0 Å². The van der Waals surface area contributed by atoms with Crippen LogP contribution in [-0.2, 0) is 0 Å². The number of aromatic nitrogens is 3. The second-order valence-electron chi connectivity index (χ2n) is 7.51. The topological polar surface area (TPSA) is 67.9 Å². The van der Waals surface area contributed by atoms with E-state index in [2.05, 4.69) is 87.0 Å². The van der Waals surface area contributed by atoms with Crippen LogP contribution < -0.4 is 10.6 Å². The lowest BCUT2D eigenvalue weighted by Crippen LogP contribution is -2.08. The normalized spacial score (nSPS) is 11.0. The highest BCUT2D eigenvalue weighted by Gasteiger charge is 2.14. The van der Waals surface area contributed by atoms with E-state index in [4.69, 9.17) is 10.7 Å². The van der Waals surface area contributed by atoms with Gasteiger partial charge >= 0.3 is 0 Å². The van der Waals surface area contributed by atoms with Crippen LogP contribution in [0.4, 0.5) is 11.5 Å². The van der Waals surface area contributed by atoms with Crippen LogP contribution in [-0.4, -0.2) is 29.0 Å². The first-order valence-electron chi connectivity index (χ1n) is 9.93. The number of fused-ring (bicyclic) bond motifs is 1. The van der Waals surface area contributed by atoms with E-state index in [1.807, 2.05) is 14.1 Å². The van der Waals surface area contributed by atoms with Crippen LogP contribution in [0.15, 0.2) is 78.4 Å². The molecule has 0 unspecified atom stereocenters. The number of thiophene rings is 1. The Bertz CT molecular complexity index is 1360. The van der Waals surface area contributed by atoms with E-state index >= 15 is 0 Å². The monoisotopic (exact) mass is 423 g/mol. The first kappa shape index (κ1) is 19.2. The first-order valence-corrected chi connectivity index (χ1v) is 10.8. The van der Waals surface area contributed by atoms with Gasteiger partial charge in [-0.05, 0) is 52.4 Å². The number of benzene rings is 2. The fraction of sp³-hybridized carbons (Fsp3) is 0.0800. The number of nitrogens with two attached hydrogens (primary N) is 1. The summed E-state index contributed by atoms with van der Waals surface area (Å²) in [7, 11) is 4.06. The molecule has 0 aliphatic rings. The largest absolute Gasteiger partial charge is 0.383 e. The molecule has 2 aromatic carbocycles. The van der Waals surface area contributed by atoms with Gasteiger partial charge in [0, 0.05) is 30.2 Å². The molecule has 0 atom stereocenters. The Hall–Kier alpha value is -3.77. The average molecular weight is 424 g/mol. The molecule has 5 nitrogen and oxygen atoms in total. The summed E-state index contributed by atoms with van der Waals surface area (Å²) in [6.07, 6.45) is 1.47. The zero-order chi connectivity index (χ0) is 21.4. The molecule has 0 fully saturated rings. The molecule has 2 N–H and O–H groups in total. The van der Waals surface area contributed by atoms with Gasteiger partial charge in [-0.3, -0.25) is 0 Å². The predicted molar refractivity (Wildman–Crippen MR) is 130 cm³/mol. The Kier molecular flexibility index (Phi) is 4.84. The SMILES string of the molecule is CN(C)c1ccc(-c2cc(-c3cccc(-c4cccs4)c3)c3c(N)ncnc3n2)cc1. The van der Waals surface area contributed by atoms with Gasteiger partial charge in [-0.1, -0.05) is 36.4 Å². The van der Waals surface area contributed by atoms with Gasteiger partial charge < -0.3 is 10.6 Å². The highest BCUT2D eigenvalue weighted by Crippen LogP contribution is 2.36. The van der Waals surface area contributed by atoms with Crippen molar-refractivity contribution in [2.45, 2.75) is 0 Å². The van der Waals surface area contributed by atoms with E-state index in [-0.39, 0.29) is 0 Å². The summed E-state index contributed by atoms with van der Waals surface area (Å²) in [4.78, 5) is 16.7. The van der Waals surface area contributed by atoms with Gasteiger partial charge in [0.25, 0.3) is 0 Å². The van der Waals surface area contributed by atoms with Crippen LogP contribution in [0.1, 0.15) is 0 Å².